The largest absolute Gasteiger partial charge is 0.395 e. The fourth-order valence-corrected chi connectivity index (χ4v) is 2.32. The maximum atomic E-state index is 12.4. The van der Waals surface area contributed by atoms with E-state index in [4.69, 9.17) is 10.3 Å². The van der Waals surface area contributed by atoms with Crippen molar-refractivity contribution in [3.63, 3.8) is 0 Å². The first-order chi connectivity index (χ1) is 12.4. The minimum Gasteiger partial charge on any atom is -0.395 e. The van der Waals surface area contributed by atoms with Crippen molar-refractivity contribution in [2.24, 2.45) is 0 Å². The van der Waals surface area contributed by atoms with E-state index in [1.165, 1.54) is 11.8 Å². The second-order valence-electron chi connectivity index (χ2n) is 5.79. The van der Waals surface area contributed by atoms with E-state index >= 15 is 0 Å². The van der Waals surface area contributed by atoms with E-state index < -0.39 is 22.6 Å². The maximum absolute atomic E-state index is 12.4. The van der Waals surface area contributed by atoms with Gasteiger partial charge >= 0.3 is 0 Å². The summed E-state index contributed by atoms with van der Waals surface area (Å²) in [7, 11) is 0. The number of aliphatic hydroxyl groups is 1. The van der Waals surface area contributed by atoms with Crippen LogP contribution in [-0.2, 0) is 4.79 Å². The highest BCUT2D eigenvalue weighted by molar-refractivity contribution is 8.00. The Hall–Kier alpha value is -2.45. The van der Waals surface area contributed by atoms with E-state index in [1.807, 2.05) is 6.26 Å². The molecule has 1 atom stereocenters. The van der Waals surface area contributed by atoms with E-state index in [0.29, 0.717) is 17.5 Å². The number of nitrogens with one attached hydrogen (secondary N) is 2. The number of amides is 2. The molecule has 0 bridgehead atoms. The molecule has 0 aliphatic carbocycles. The van der Waals surface area contributed by atoms with Gasteiger partial charge in [0.05, 0.1) is 6.61 Å². The molecule has 0 spiro atoms. The monoisotopic (exact) mass is 374 g/mol. The zero-order valence-corrected chi connectivity index (χ0v) is 15.7. The number of hydroxylamine groups is 1. The summed E-state index contributed by atoms with van der Waals surface area (Å²) in [4.78, 5) is 24.3. The first-order valence-corrected chi connectivity index (χ1v) is 9.08. The number of carbonyl (C=O) groups excluding carboxylic acids is 2. The normalized spacial score (nSPS) is 11.3. The maximum Gasteiger partial charge on any atom is 0.267 e. The third-order valence-electron chi connectivity index (χ3n) is 3.61. The Balaban J connectivity index is 2.87. The van der Waals surface area contributed by atoms with Crippen molar-refractivity contribution in [3.8, 4) is 23.7 Å². The Morgan fingerprint density at radius 1 is 1.23 bits per heavy atom. The van der Waals surface area contributed by atoms with E-state index in [-0.39, 0.29) is 6.61 Å². The SMILES string of the molecule is CSC(C)(C)[C@H](NC(=O)c1ccc(C#CC#CCCO)cc1)C(=O)NO. The van der Waals surface area contributed by atoms with Gasteiger partial charge in [-0.2, -0.15) is 11.8 Å². The first-order valence-electron chi connectivity index (χ1n) is 7.85. The molecule has 0 heterocycles. The predicted molar refractivity (Wildman–Crippen MR) is 102 cm³/mol. The van der Waals surface area contributed by atoms with Gasteiger partial charge in [0.2, 0.25) is 0 Å². The summed E-state index contributed by atoms with van der Waals surface area (Å²) in [6.07, 6.45) is 2.20. The van der Waals surface area contributed by atoms with Crippen LogP contribution in [0.4, 0.5) is 0 Å². The average molecular weight is 374 g/mol. The number of aliphatic hydroxyl groups excluding tert-OH is 1. The van der Waals surface area contributed by atoms with Gasteiger partial charge in [-0.1, -0.05) is 11.8 Å². The first kappa shape index (κ1) is 21.6. The quantitative estimate of drug-likeness (QED) is 0.340. The van der Waals surface area contributed by atoms with E-state index in [2.05, 4.69) is 29.0 Å². The summed E-state index contributed by atoms with van der Waals surface area (Å²) >= 11 is 1.40. The molecule has 0 unspecified atom stereocenters. The highest BCUT2D eigenvalue weighted by Crippen LogP contribution is 2.26. The van der Waals surface area contributed by atoms with Crippen molar-refractivity contribution in [3.05, 3.63) is 35.4 Å². The van der Waals surface area contributed by atoms with Crippen LogP contribution in [0.15, 0.2) is 24.3 Å². The summed E-state index contributed by atoms with van der Waals surface area (Å²) in [6.45, 7) is 3.60. The Morgan fingerprint density at radius 3 is 2.42 bits per heavy atom. The van der Waals surface area contributed by atoms with Gasteiger partial charge in [-0.05, 0) is 56.2 Å². The topological polar surface area (TPSA) is 98.7 Å². The van der Waals surface area contributed by atoms with Crippen LogP contribution in [0, 0.1) is 23.7 Å². The van der Waals surface area contributed by atoms with Gasteiger partial charge in [-0.15, -0.1) is 0 Å². The molecule has 0 radical (unpaired) electrons. The lowest BCUT2D eigenvalue weighted by Crippen LogP contribution is -2.55. The van der Waals surface area contributed by atoms with Crippen LogP contribution < -0.4 is 10.8 Å². The van der Waals surface area contributed by atoms with Crippen molar-refractivity contribution in [1.82, 2.24) is 10.8 Å². The fraction of sp³-hybridized carbons (Fsp3) is 0.368. The molecule has 0 aromatic heterocycles. The molecule has 26 heavy (non-hydrogen) atoms. The van der Waals surface area contributed by atoms with Gasteiger partial charge in [-0.25, -0.2) is 5.48 Å². The summed E-state index contributed by atoms with van der Waals surface area (Å²) in [6, 6.07) is 5.64. The number of benzene rings is 1. The zero-order valence-electron chi connectivity index (χ0n) is 14.9. The molecular weight excluding hydrogens is 352 g/mol. The molecular formula is C19H22N2O4S. The lowest BCUT2D eigenvalue weighted by atomic mass is 10.0. The van der Waals surface area contributed by atoms with Crippen LogP contribution in [0.25, 0.3) is 0 Å². The van der Waals surface area contributed by atoms with Gasteiger partial charge in [0.25, 0.3) is 11.8 Å². The van der Waals surface area contributed by atoms with Crippen molar-refractivity contribution in [1.29, 1.82) is 0 Å². The minimum absolute atomic E-state index is 0.00112. The smallest absolute Gasteiger partial charge is 0.267 e. The third-order valence-corrected chi connectivity index (χ3v) is 4.90. The van der Waals surface area contributed by atoms with Crippen LogP contribution in [0.3, 0.4) is 0 Å². The Bertz CT molecular complexity index is 752. The standard InChI is InChI=1S/C19H22N2O4S/c1-19(2,26-3)16(18(24)21-25)20-17(23)15-11-9-14(10-12-15)8-6-4-5-7-13-22/h9-12,16,22,25H,7,13H2,1-3H3,(H,20,23)(H,21,24)/t16-/m1/s1. The van der Waals surface area contributed by atoms with E-state index in [9.17, 15) is 9.59 Å². The minimum atomic E-state index is -0.906. The summed E-state index contributed by atoms with van der Waals surface area (Å²) in [5.41, 5.74) is 2.65. The molecule has 1 aromatic carbocycles. The molecule has 2 amide bonds. The average Bonchev–Trinajstić information content (AvgIpc) is 2.65. The summed E-state index contributed by atoms with van der Waals surface area (Å²) in [5.74, 6) is 9.70. The molecule has 0 saturated heterocycles. The molecule has 0 fully saturated rings. The van der Waals surface area contributed by atoms with E-state index in [0.717, 1.165) is 0 Å². The highest BCUT2D eigenvalue weighted by atomic mass is 32.2. The van der Waals surface area contributed by atoms with Crippen LogP contribution >= 0.6 is 11.8 Å². The lowest BCUT2D eigenvalue weighted by molar-refractivity contribution is -0.131. The number of hydrogen-bond acceptors (Lipinski definition) is 5. The van der Waals surface area contributed by atoms with Crippen LogP contribution in [0.2, 0.25) is 0 Å². The molecule has 6 nitrogen and oxygen atoms in total. The molecule has 138 valence electrons. The second-order valence-corrected chi connectivity index (χ2v) is 7.25. The number of hydrogen-bond donors (Lipinski definition) is 4. The van der Waals surface area contributed by atoms with Gasteiger partial charge in [0, 0.05) is 22.3 Å². The van der Waals surface area contributed by atoms with E-state index in [1.54, 1.807) is 43.6 Å². The van der Waals surface area contributed by atoms with Crippen molar-refractivity contribution in [2.75, 3.05) is 12.9 Å². The summed E-state index contributed by atoms with van der Waals surface area (Å²) in [5, 5.41) is 20.2. The van der Waals surface area contributed by atoms with Crippen molar-refractivity contribution < 1.29 is 19.9 Å². The molecule has 0 saturated carbocycles. The number of carbonyl (C=O) groups is 2. The van der Waals surface area contributed by atoms with Gasteiger partial charge in [-0.3, -0.25) is 14.8 Å². The lowest BCUT2D eigenvalue weighted by Gasteiger charge is -2.31. The van der Waals surface area contributed by atoms with Gasteiger partial charge in [0.15, 0.2) is 0 Å². The fourth-order valence-electron chi connectivity index (χ4n) is 1.92. The van der Waals surface area contributed by atoms with Crippen molar-refractivity contribution >= 4 is 23.6 Å². The molecule has 0 aliphatic heterocycles. The molecule has 0 aliphatic rings. The molecule has 1 aromatic rings. The predicted octanol–water partition coefficient (Wildman–Crippen LogP) is 1.17. The van der Waals surface area contributed by atoms with Gasteiger partial charge in [0.1, 0.15) is 6.04 Å². The van der Waals surface area contributed by atoms with Crippen molar-refractivity contribution in [2.45, 2.75) is 31.1 Å². The number of thioether (sulfide) groups is 1. The third kappa shape index (κ3) is 6.45. The number of rotatable bonds is 6. The van der Waals surface area contributed by atoms with Crippen LogP contribution in [0.5, 0.6) is 0 Å². The molecule has 4 N–H and O–H groups in total. The highest BCUT2D eigenvalue weighted by Gasteiger charge is 2.36. The second kappa shape index (κ2) is 10.5. The van der Waals surface area contributed by atoms with Crippen LogP contribution in [-0.4, -0.2) is 45.8 Å². The van der Waals surface area contributed by atoms with Crippen LogP contribution in [0.1, 0.15) is 36.2 Å². The Morgan fingerprint density at radius 2 is 1.88 bits per heavy atom. The summed E-state index contributed by atoms with van der Waals surface area (Å²) < 4.78 is -0.610. The Kier molecular flexibility index (Phi) is 8.74. The zero-order chi connectivity index (χ0) is 19.6. The van der Waals surface area contributed by atoms with Gasteiger partial charge < -0.3 is 10.4 Å². The molecule has 1 rings (SSSR count). The Labute approximate surface area is 157 Å². The molecule has 7 heteroatoms.